The van der Waals surface area contributed by atoms with Gasteiger partial charge in [-0.05, 0) is 43.0 Å². The van der Waals surface area contributed by atoms with Gasteiger partial charge in [-0.2, -0.15) is 13.5 Å². The van der Waals surface area contributed by atoms with E-state index < -0.39 is 6.10 Å². The zero-order chi connectivity index (χ0) is 17.8. The van der Waals surface area contributed by atoms with Gasteiger partial charge in [0.05, 0.1) is 6.10 Å². The number of nitrogens with zero attached hydrogens (tertiary/aromatic N) is 2. The zero-order valence-electron chi connectivity index (χ0n) is 15.3. The smallest absolute Gasteiger partial charge is 0.251 e. The van der Waals surface area contributed by atoms with Crippen molar-refractivity contribution >= 4 is 19.4 Å². The molecule has 1 atom stereocenters. The highest BCUT2D eigenvalue weighted by molar-refractivity contribution is 7.59. The minimum atomic E-state index is -0.586. The van der Waals surface area contributed by atoms with E-state index in [1.165, 1.54) is 11.1 Å². The summed E-state index contributed by atoms with van der Waals surface area (Å²) in [4.78, 5) is 18.7. The average Bonchev–Trinajstić information content (AvgIpc) is 2.61. The molecule has 0 aliphatic carbocycles. The van der Waals surface area contributed by atoms with Gasteiger partial charge in [-0.1, -0.05) is 24.3 Å². The van der Waals surface area contributed by atoms with Crippen LogP contribution in [0.25, 0.3) is 0 Å². The highest BCUT2D eigenvalue weighted by atomic mass is 32.1. The van der Waals surface area contributed by atoms with Crippen LogP contribution in [-0.4, -0.2) is 46.6 Å². The summed E-state index contributed by atoms with van der Waals surface area (Å²) in [6, 6.07) is 10.2. The first-order valence-electron chi connectivity index (χ1n) is 8.71. The number of carbonyl (C=O) groups is 1. The van der Waals surface area contributed by atoms with Crippen molar-refractivity contribution < 1.29 is 9.90 Å². The van der Waals surface area contributed by atoms with E-state index in [9.17, 15) is 9.90 Å². The number of hydrogen-bond donors (Lipinski definition) is 2. The summed E-state index contributed by atoms with van der Waals surface area (Å²) in [5, 5.41) is 13.1. The summed E-state index contributed by atoms with van der Waals surface area (Å²) in [5.74, 6) is -0.161. The molecule has 2 N–H and O–H groups in total. The molecule has 140 valence electrons. The molecule has 0 radical (unpaired) electrons. The molecule has 2 aromatic rings. The van der Waals surface area contributed by atoms with Gasteiger partial charge in [0.1, 0.15) is 0 Å². The molecule has 1 aromatic carbocycles. The van der Waals surface area contributed by atoms with E-state index >= 15 is 0 Å². The molecule has 0 unspecified atom stereocenters. The van der Waals surface area contributed by atoms with Crippen LogP contribution in [0.5, 0.6) is 0 Å². The topological polar surface area (TPSA) is 65.5 Å². The van der Waals surface area contributed by atoms with Crippen LogP contribution in [-0.2, 0) is 13.0 Å². The second kappa shape index (κ2) is 9.16. The number of benzene rings is 1. The Morgan fingerprint density at radius 2 is 2.04 bits per heavy atom. The standard InChI is InChI=1S/C20H25N3O2.H2S/c1-14-10-21-15(2)9-19(14)20(25)22-11-18(24)13-23-8-7-16-5-3-4-6-17(16)12-23;/h3-6,9-10,18,24H,7-8,11-13H2,1-2H3,(H,22,25);1H2/t18-;/m0./s1. The Labute approximate surface area is 161 Å². The molecule has 6 heteroatoms. The maximum atomic E-state index is 12.3. The molecule has 1 aliphatic rings. The summed E-state index contributed by atoms with van der Waals surface area (Å²) in [7, 11) is 0. The number of aryl methyl sites for hydroxylation is 2. The van der Waals surface area contributed by atoms with Crippen molar-refractivity contribution in [1.29, 1.82) is 0 Å². The minimum absolute atomic E-state index is 0. The monoisotopic (exact) mass is 373 g/mol. The van der Waals surface area contributed by atoms with E-state index in [0.717, 1.165) is 30.8 Å². The lowest BCUT2D eigenvalue weighted by Crippen LogP contribution is -2.42. The molecule has 3 rings (SSSR count). The molecule has 1 aliphatic heterocycles. The fourth-order valence-electron chi connectivity index (χ4n) is 3.25. The number of nitrogens with one attached hydrogen (secondary N) is 1. The Morgan fingerprint density at radius 3 is 2.81 bits per heavy atom. The average molecular weight is 374 g/mol. The summed E-state index contributed by atoms with van der Waals surface area (Å²) < 4.78 is 0. The molecule has 0 saturated carbocycles. The fraction of sp³-hybridized carbons (Fsp3) is 0.400. The Hall–Kier alpha value is -1.89. The van der Waals surface area contributed by atoms with Crippen LogP contribution in [0.15, 0.2) is 36.5 Å². The second-order valence-electron chi connectivity index (χ2n) is 6.76. The van der Waals surface area contributed by atoms with Crippen LogP contribution < -0.4 is 5.32 Å². The molecular formula is C20H27N3O2S. The molecule has 1 aromatic heterocycles. The van der Waals surface area contributed by atoms with Gasteiger partial charge in [0.15, 0.2) is 0 Å². The van der Waals surface area contributed by atoms with Gasteiger partial charge in [-0.15, -0.1) is 0 Å². The molecular weight excluding hydrogens is 346 g/mol. The number of amides is 1. The highest BCUT2D eigenvalue weighted by Gasteiger charge is 2.19. The molecule has 0 bridgehead atoms. The van der Waals surface area contributed by atoms with Crippen LogP contribution in [0.1, 0.15) is 32.7 Å². The second-order valence-corrected chi connectivity index (χ2v) is 6.76. The van der Waals surface area contributed by atoms with E-state index in [2.05, 4.69) is 39.5 Å². The summed E-state index contributed by atoms with van der Waals surface area (Å²) in [5.41, 5.74) is 4.98. The Balaban J connectivity index is 0.00000243. The quantitative estimate of drug-likeness (QED) is 0.841. The molecule has 1 amide bonds. The molecule has 2 heterocycles. The van der Waals surface area contributed by atoms with Crippen molar-refractivity contribution in [2.75, 3.05) is 19.6 Å². The van der Waals surface area contributed by atoms with Crippen LogP contribution >= 0.6 is 13.5 Å². The van der Waals surface area contributed by atoms with Gasteiger partial charge in [0, 0.05) is 43.6 Å². The number of aliphatic hydroxyl groups is 1. The van der Waals surface area contributed by atoms with Crippen molar-refractivity contribution in [2.24, 2.45) is 0 Å². The zero-order valence-corrected chi connectivity index (χ0v) is 16.3. The van der Waals surface area contributed by atoms with E-state index in [1.54, 1.807) is 12.3 Å². The van der Waals surface area contributed by atoms with Gasteiger partial charge in [0.25, 0.3) is 5.91 Å². The van der Waals surface area contributed by atoms with Crippen LogP contribution in [0, 0.1) is 13.8 Å². The van der Waals surface area contributed by atoms with Crippen LogP contribution in [0.4, 0.5) is 0 Å². The lowest BCUT2D eigenvalue weighted by molar-refractivity contribution is 0.0841. The van der Waals surface area contributed by atoms with E-state index in [4.69, 9.17) is 0 Å². The Morgan fingerprint density at radius 1 is 1.31 bits per heavy atom. The summed E-state index contributed by atoms with van der Waals surface area (Å²) >= 11 is 0. The lowest BCUT2D eigenvalue weighted by Gasteiger charge is -2.30. The number of pyridine rings is 1. The van der Waals surface area contributed by atoms with Gasteiger partial charge in [0.2, 0.25) is 0 Å². The van der Waals surface area contributed by atoms with Crippen molar-refractivity contribution in [1.82, 2.24) is 15.2 Å². The number of β-amino-alcohol motifs (C(OH)–C–C–N with tert-alkyl or cyclic N) is 1. The first-order chi connectivity index (χ1) is 12.0. The van der Waals surface area contributed by atoms with Crippen molar-refractivity contribution in [3.05, 3.63) is 64.5 Å². The summed E-state index contributed by atoms with van der Waals surface area (Å²) in [6.07, 6.45) is 2.12. The van der Waals surface area contributed by atoms with Gasteiger partial charge < -0.3 is 10.4 Å². The first kappa shape index (κ1) is 20.4. The number of hydrogen-bond acceptors (Lipinski definition) is 4. The fourth-order valence-corrected chi connectivity index (χ4v) is 3.25. The third-order valence-corrected chi connectivity index (χ3v) is 4.66. The minimum Gasteiger partial charge on any atom is -0.390 e. The van der Waals surface area contributed by atoms with E-state index in [0.29, 0.717) is 12.1 Å². The first-order valence-corrected chi connectivity index (χ1v) is 8.71. The van der Waals surface area contributed by atoms with Gasteiger partial charge in [-0.25, -0.2) is 0 Å². The third kappa shape index (κ3) is 5.06. The van der Waals surface area contributed by atoms with Gasteiger partial charge in [-0.3, -0.25) is 14.7 Å². The van der Waals surface area contributed by atoms with Crippen molar-refractivity contribution in [3.8, 4) is 0 Å². The summed E-state index contributed by atoms with van der Waals surface area (Å²) in [6.45, 7) is 6.32. The number of aliphatic hydroxyl groups excluding tert-OH is 1. The number of rotatable bonds is 5. The van der Waals surface area contributed by atoms with E-state index in [-0.39, 0.29) is 25.9 Å². The SMILES string of the molecule is Cc1cc(C(=O)NC[C@H](O)CN2CCc3ccccc3C2)c(C)cn1.S. The van der Waals surface area contributed by atoms with Crippen LogP contribution in [0.2, 0.25) is 0 Å². The lowest BCUT2D eigenvalue weighted by atomic mass is 10.00. The predicted molar refractivity (Wildman–Crippen MR) is 108 cm³/mol. The molecule has 0 fully saturated rings. The molecule has 0 saturated heterocycles. The highest BCUT2D eigenvalue weighted by Crippen LogP contribution is 2.18. The number of carbonyl (C=O) groups excluding carboxylic acids is 1. The molecule has 5 nitrogen and oxygen atoms in total. The van der Waals surface area contributed by atoms with Crippen molar-refractivity contribution in [3.63, 3.8) is 0 Å². The van der Waals surface area contributed by atoms with Crippen LogP contribution in [0.3, 0.4) is 0 Å². The Bertz CT molecular complexity index is 766. The van der Waals surface area contributed by atoms with Crippen molar-refractivity contribution in [2.45, 2.75) is 32.9 Å². The predicted octanol–water partition coefficient (Wildman–Crippen LogP) is 1.96. The molecule has 26 heavy (non-hydrogen) atoms. The molecule has 0 spiro atoms. The Kier molecular flexibility index (Phi) is 7.20. The maximum Gasteiger partial charge on any atom is 0.251 e. The number of fused-ring (bicyclic) bond motifs is 1. The van der Waals surface area contributed by atoms with Gasteiger partial charge >= 0.3 is 0 Å². The largest absolute Gasteiger partial charge is 0.390 e. The van der Waals surface area contributed by atoms with E-state index in [1.807, 2.05) is 13.8 Å². The normalized spacial score (nSPS) is 14.9. The maximum absolute atomic E-state index is 12.3. The number of aromatic nitrogens is 1. The third-order valence-electron chi connectivity index (χ3n) is 4.66.